The minimum atomic E-state index is -1.18. The lowest BCUT2D eigenvalue weighted by molar-refractivity contribution is -0.241. The highest BCUT2D eigenvalue weighted by molar-refractivity contribution is 5.94. The average molecular weight is 471 g/mol. The van der Waals surface area contributed by atoms with Crippen molar-refractivity contribution in [2.45, 2.75) is 77.0 Å². The van der Waals surface area contributed by atoms with Gasteiger partial charge in [-0.25, -0.2) is 9.59 Å². The fourth-order valence-corrected chi connectivity index (χ4v) is 8.56. The fourth-order valence-electron chi connectivity index (χ4n) is 8.56. The van der Waals surface area contributed by atoms with Crippen molar-refractivity contribution >= 4 is 17.7 Å². The van der Waals surface area contributed by atoms with Gasteiger partial charge in [0.05, 0.1) is 23.5 Å². The summed E-state index contributed by atoms with van der Waals surface area (Å²) in [5.41, 5.74) is -4.38. The summed E-state index contributed by atoms with van der Waals surface area (Å²) >= 11 is 0. The summed E-state index contributed by atoms with van der Waals surface area (Å²) in [6.45, 7) is 9.20. The summed E-state index contributed by atoms with van der Waals surface area (Å²) < 4.78 is 23.5. The summed E-state index contributed by atoms with van der Waals surface area (Å²) in [5.74, 6) is -2.01. The smallest absolute Gasteiger partial charge is 0.339 e. The van der Waals surface area contributed by atoms with Gasteiger partial charge in [0.2, 0.25) is 0 Å². The van der Waals surface area contributed by atoms with Gasteiger partial charge in [-0.3, -0.25) is 4.79 Å². The molecule has 8 heteroatoms. The van der Waals surface area contributed by atoms with Crippen LogP contribution in [0, 0.1) is 28.1 Å². The van der Waals surface area contributed by atoms with E-state index in [2.05, 4.69) is 0 Å². The van der Waals surface area contributed by atoms with E-state index in [9.17, 15) is 19.5 Å². The second kappa shape index (κ2) is 6.21. The molecule has 0 radical (unpaired) electrons. The van der Waals surface area contributed by atoms with E-state index in [1.54, 1.807) is 26.0 Å². The topological polar surface area (TPSA) is 116 Å². The third kappa shape index (κ3) is 2.29. The van der Waals surface area contributed by atoms with Gasteiger partial charge in [-0.2, -0.15) is 0 Å². The van der Waals surface area contributed by atoms with E-state index in [-0.39, 0.29) is 12.2 Å². The molecule has 5 aliphatic rings. The van der Waals surface area contributed by atoms with Gasteiger partial charge in [-0.1, -0.05) is 19.9 Å². The van der Waals surface area contributed by atoms with Crippen LogP contribution >= 0.6 is 0 Å². The maximum atomic E-state index is 14.2. The van der Waals surface area contributed by atoms with Crippen LogP contribution in [0.25, 0.3) is 0 Å². The quantitative estimate of drug-likeness (QED) is 0.518. The lowest BCUT2D eigenvalue weighted by atomic mass is 9.37. The Bertz CT molecular complexity index is 1130. The van der Waals surface area contributed by atoms with Crippen LogP contribution in [0.2, 0.25) is 0 Å². The molecule has 1 spiro atoms. The Kier molecular flexibility index (Phi) is 4.02. The molecule has 34 heavy (non-hydrogen) atoms. The van der Waals surface area contributed by atoms with Gasteiger partial charge in [-0.15, -0.1) is 0 Å². The molecule has 2 unspecified atom stereocenters. The van der Waals surface area contributed by atoms with Gasteiger partial charge in [0.15, 0.2) is 6.10 Å². The van der Waals surface area contributed by atoms with E-state index in [0.29, 0.717) is 12.0 Å². The number of esters is 2. The summed E-state index contributed by atoms with van der Waals surface area (Å²) in [6, 6.07) is 1.74. The second-order valence-electron chi connectivity index (χ2n) is 11.9. The molecule has 4 fully saturated rings. The van der Waals surface area contributed by atoms with E-state index in [1.807, 2.05) is 20.8 Å². The van der Waals surface area contributed by atoms with E-state index in [1.165, 1.54) is 18.6 Å². The number of ketones is 1. The molecule has 0 aromatic carbocycles. The number of epoxide rings is 1. The number of cyclic esters (lactones) is 1. The summed E-state index contributed by atoms with van der Waals surface area (Å²) in [5, 5.41) is 11.1. The largest absolute Gasteiger partial charge is 0.472 e. The standard InChI is InChI=1S/C26H30O8/c1-22(2,30)15-10-16(27)25(5)18-14(32-17(28)6-8-23(15,18)3)11-24(4)19(13-7-9-31-12-13)33-21(29)20-26(24,25)34-20/h6-9,12,14-15,18-20,30H,10-11H2,1-5H3/t14?,15-,18+,19-,20+,23?,24-,25+,26+/m0/s1. The lowest BCUT2D eigenvalue weighted by Crippen LogP contribution is -2.74. The predicted molar refractivity (Wildman–Crippen MR) is 116 cm³/mol. The lowest BCUT2D eigenvalue weighted by Gasteiger charge is -2.66. The SMILES string of the molecule is CC(C)(O)[C@@H]1CC(=O)[C@]2(C)[C@@H]3C(C[C@@]4(C)[C@H](c5ccoc5)OC(=O)[C@H]5O[C@]542)OC(=O)C=CC31C. The highest BCUT2D eigenvalue weighted by atomic mass is 16.7. The molecule has 2 aliphatic carbocycles. The van der Waals surface area contributed by atoms with Gasteiger partial charge in [0, 0.05) is 35.3 Å². The number of furan rings is 1. The van der Waals surface area contributed by atoms with Crippen LogP contribution < -0.4 is 0 Å². The first kappa shape index (κ1) is 22.0. The Balaban J connectivity index is 1.60. The third-order valence-corrected chi connectivity index (χ3v) is 9.82. The van der Waals surface area contributed by atoms with Gasteiger partial charge in [0.1, 0.15) is 23.6 Å². The van der Waals surface area contributed by atoms with E-state index >= 15 is 0 Å². The zero-order valence-electron chi connectivity index (χ0n) is 20.0. The van der Waals surface area contributed by atoms with Crippen molar-refractivity contribution in [3.8, 4) is 0 Å². The Labute approximate surface area is 197 Å². The van der Waals surface area contributed by atoms with Crippen molar-refractivity contribution in [2.24, 2.45) is 28.1 Å². The molecule has 1 N–H and O–H groups in total. The zero-order valence-corrected chi connectivity index (χ0v) is 20.0. The molecule has 6 rings (SSSR count). The van der Waals surface area contributed by atoms with Gasteiger partial charge >= 0.3 is 11.9 Å². The van der Waals surface area contributed by atoms with Crippen molar-refractivity contribution < 1.29 is 38.1 Å². The number of carbonyl (C=O) groups excluding carboxylic acids is 3. The van der Waals surface area contributed by atoms with Gasteiger partial charge in [0.25, 0.3) is 0 Å². The van der Waals surface area contributed by atoms with Crippen LogP contribution in [0.5, 0.6) is 0 Å². The molecule has 2 saturated heterocycles. The first-order chi connectivity index (χ1) is 15.8. The Hall–Kier alpha value is -2.45. The highest BCUT2D eigenvalue weighted by Crippen LogP contribution is 2.78. The molecule has 0 amide bonds. The number of rotatable bonds is 2. The number of Topliss-reactive ketones (excluding diaryl/α,β-unsaturated/α-hetero) is 1. The maximum absolute atomic E-state index is 14.2. The van der Waals surface area contributed by atoms with Gasteiger partial charge in [-0.05, 0) is 38.7 Å². The minimum absolute atomic E-state index is 0.0903. The Morgan fingerprint density at radius 2 is 1.82 bits per heavy atom. The highest BCUT2D eigenvalue weighted by Gasteiger charge is 2.89. The van der Waals surface area contributed by atoms with Gasteiger partial charge < -0.3 is 23.7 Å². The van der Waals surface area contributed by atoms with Crippen molar-refractivity contribution in [1.29, 1.82) is 0 Å². The van der Waals surface area contributed by atoms with Crippen LogP contribution in [0.1, 0.15) is 59.1 Å². The zero-order chi connectivity index (χ0) is 24.5. The van der Waals surface area contributed by atoms with Crippen LogP contribution in [0.4, 0.5) is 0 Å². The average Bonchev–Trinajstić information content (AvgIpc) is 3.35. The molecule has 9 atom stereocenters. The molecule has 1 aromatic rings. The number of allylic oxidation sites excluding steroid dienone is 1. The van der Waals surface area contributed by atoms with E-state index < -0.39 is 69.5 Å². The summed E-state index contributed by atoms with van der Waals surface area (Å²) in [4.78, 5) is 40.0. The first-order valence-electron chi connectivity index (χ1n) is 11.9. The molecule has 1 aromatic heterocycles. The van der Waals surface area contributed by atoms with Crippen molar-refractivity contribution in [1.82, 2.24) is 0 Å². The number of carbonyl (C=O) groups is 3. The fraction of sp³-hybridized carbons (Fsp3) is 0.654. The Morgan fingerprint density at radius 1 is 1.09 bits per heavy atom. The molecule has 4 heterocycles. The van der Waals surface area contributed by atoms with Crippen LogP contribution in [0.15, 0.2) is 35.2 Å². The molecule has 3 aliphatic heterocycles. The monoisotopic (exact) mass is 470 g/mol. The third-order valence-electron chi connectivity index (χ3n) is 9.82. The molecular formula is C26H30O8. The molecule has 8 nitrogen and oxygen atoms in total. The second-order valence-corrected chi connectivity index (χ2v) is 11.9. The van der Waals surface area contributed by atoms with E-state index in [4.69, 9.17) is 18.6 Å². The first-order valence-corrected chi connectivity index (χ1v) is 11.9. The number of ether oxygens (including phenoxy) is 3. The van der Waals surface area contributed by atoms with Crippen molar-refractivity contribution in [3.63, 3.8) is 0 Å². The summed E-state index contributed by atoms with van der Waals surface area (Å²) in [6.07, 6.45) is 4.45. The Morgan fingerprint density at radius 3 is 2.47 bits per heavy atom. The predicted octanol–water partition coefficient (Wildman–Crippen LogP) is 2.90. The molecule has 0 bridgehead atoms. The van der Waals surface area contributed by atoms with Crippen LogP contribution in [0.3, 0.4) is 0 Å². The van der Waals surface area contributed by atoms with Crippen LogP contribution in [-0.4, -0.2) is 46.2 Å². The molecule has 2 saturated carbocycles. The van der Waals surface area contributed by atoms with Crippen LogP contribution in [-0.2, 0) is 28.6 Å². The molecular weight excluding hydrogens is 440 g/mol. The number of hydrogen-bond donors (Lipinski definition) is 1. The van der Waals surface area contributed by atoms with Crippen molar-refractivity contribution in [2.75, 3.05) is 0 Å². The number of aliphatic hydroxyl groups is 1. The molecule has 182 valence electrons. The maximum Gasteiger partial charge on any atom is 0.339 e. The summed E-state index contributed by atoms with van der Waals surface area (Å²) in [7, 11) is 0. The van der Waals surface area contributed by atoms with E-state index in [0.717, 1.165) is 0 Å². The number of hydrogen-bond acceptors (Lipinski definition) is 8. The minimum Gasteiger partial charge on any atom is -0.472 e. The normalized spacial score (nSPS) is 49.2. The van der Waals surface area contributed by atoms with Crippen molar-refractivity contribution in [3.05, 3.63) is 36.3 Å².